The van der Waals surface area contributed by atoms with Crippen molar-refractivity contribution >= 4 is 22.3 Å². The van der Waals surface area contributed by atoms with Crippen molar-refractivity contribution in [3.8, 4) is 0 Å². The van der Waals surface area contributed by atoms with Crippen LogP contribution in [0.4, 0.5) is 0 Å². The average Bonchev–Trinajstić information content (AvgIpc) is 3.15. The molecule has 3 rings (SSSR count). The lowest BCUT2D eigenvalue weighted by Crippen LogP contribution is -2.36. The number of hydrogen-bond donors (Lipinski definition) is 2. The highest BCUT2D eigenvalue weighted by Gasteiger charge is 2.05. The van der Waals surface area contributed by atoms with E-state index in [9.17, 15) is 0 Å². The second-order valence-electron chi connectivity index (χ2n) is 4.55. The van der Waals surface area contributed by atoms with E-state index in [-0.39, 0.29) is 0 Å². The minimum Gasteiger partial charge on any atom is -0.351 e. The zero-order valence-corrected chi connectivity index (χ0v) is 12.8. The fraction of sp³-hybridized carbons (Fsp3) is 0.308. The Morgan fingerprint density at radius 3 is 2.95 bits per heavy atom. The maximum atomic E-state index is 4.53. The number of rotatable bonds is 4. The van der Waals surface area contributed by atoms with E-state index in [0.717, 1.165) is 22.3 Å². The van der Waals surface area contributed by atoms with Gasteiger partial charge in [-0.2, -0.15) is 5.10 Å². The number of hydrogen-bond acceptors (Lipinski definition) is 4. The first-order chi connectivity index (χ1) is 10.3. The van der Waals surface area contributed by atoms with Crippen molar-refractivity contribution in [3.05, 3.63) is 41.4 Å². The summed E-state index contributed by atoms with van der Waals surface area (Å²) in [4.78, 5) is 9.74. The van der Waals surface area contributed by atoms with E-state index in [1.807, 2.05) is 40.0 Å². The Labute approximate surface area is 126 Å². The van der Waals surface area contributed by atoms with Crippen LogP contribution in [0.3, 0.4) is 0 Å². The summed E-state index contributed by atoms with van der Waals surface area (Å²) in [6, 6.07) is 1.98. The molecule has 110 valence electrons. The molecule has 0 spiro atoms. The van der Waals surface area contributed by atoms with Gasteiger partial charge in [0.25, 0.3) is 0 Å². The molecule has 21 heavy (non-hydrogen) atoms. The topological polar surface area (TPSA) is 71.5 Å². The predicted octanol–water partition coefficient (Wildman–Crippen LogP) is 0.994. The van der Waals surface area contributed by atoms with E-state index in [1.54, 1.807) is 24.6 Å². The highest BCUT2D eigenvalue weighted by molar-refractivity contribution is 7.15. The van der Waals surface area contributed by atoms with Gasteiger partial charge in [0.1, 0.15) is 0 Å². The standard InChI is InChI=1S/C13H17N7S/c1-14-12(16-8-11-3-4-17-19(11)2)15-7-10-9-20-5-6-21-13(20)18-10/h3-6,9H,7-8H2,1-2H3,(H2,14,15,16). The van der Waals surface area contributed by atoms with Crippen LogP contribution in [0.1, 0.15) is 11.4 Å². The highest BCUT2D eigenvalue weighted by Crippen LogP contribution is 2.10. The molecule has 0 aliphatic heterocycles. The van der Waals surface area contributed by atoms with Gasteiger partial charge in [0.05, 0.1) is 24.5 Å². The van der Waals surface area contributed by atoms with Gasteiger partial charge in [-0.25, -0.2) is 4.98 Å². The lowest BCUT2D eigenvalue weighted by atomic mass is 10.4. The normalized spacial score (nSPS) is 12.0. The number of nitrogens with one attached hydrogen (secondary N) is 2. The molecule has 0 aliphatic carbocycles. The molecule has 0 aliphatic rings. The van der Waals surface area contributed by atoms with Crippen LogP contribution < -0.4 is 10.6 Å². The summed E-state index contributed by atoms with van der Waals surface area (Å²) in [5.74, 6) is 0.743. The summed E-state index contributed by atoms with van der Waals surface area (Å²) in [5, 5.41) is 12.7. The van der Waals surface area contributed by atoms with Crippen molar-refractivity contribution in [3.63, 3.8) is 0 Å². The molecule has 0 saturated heterocycles. The van der Waals surface area contributed by atoms with E-state index in [2.05, 4.69) is 25.7 Å². The van der Waals surface area contributed by atoms with Gasteiger partial charge < -0.3 is 10.6 Å². The molecular formula is C13H17N7S. The van der Waals surface area contributed by atoms with Crippen LogP contribution in [0.2, 0.25) is 0 Å². The maximum absolute atomic E-state index is 4.53. The van der Waals surface area contributed by atoms with Crippen LogP contribution in [0.5, 0.6) is 0 Å². The van der Waals surface area contributed by atoms with E-state index in [0.29, 0.717) is 13.1 Å². The van der Waals surface area contributed by atoms with Crippen LogP contribution in [-0.2, 0) is 20.1 Å². The number of aliphatic imine (C=N–C) groups is 1. The zero-order chi connectivity index (χ0) is 14.7. The molecule has 8 heteroatoms. The molecule has 0 bridgehead atoms. The van der Waals surface area contributed by atoms with Gasteiger partial charge in [-0.1, -0.05) is 0 Å². The minimum absolute atomic E-state index is 0.638. The molecule has 0 unspecified atom stereocenters. The third-order valence-corrected chi connectivity index (χ3v) is 3.93. The average molecular weight is 303 g/mol. The van der Waals surface area contributed by atoms with Crippen LogP contribution in [0, 0.1) is 0 Å². The number of nitrogens with zero attached hydrogens (tertiary/aromatic N) is 5. The number of aromatic nitrogens is 4. The number of guanidine groups is 1. The van der Waals surface area contributed by atoms with E-state index >= 15 is 0 Å². The summed E-state index contributed by atoms with van der Waals surface area (Å²) < 4.78 is 3.86. The van der Waals surface area contributed by atoms with E-state index in [1.165, 1.54) is 0 Å². The Balaban J connectivity index is 1.55. The van der Waals surface area contributed by atoms with Gasteiger partial charge in [-0.05, 0) is 6.07 Å². The molecule has 0 amide bonds. The van der Waals surface area contributed by atoms with Crippen molar-refractivity contribution in [2.75, 3.05) is 7.05 Å². The molecular weight excluding hydrogens is 286 g/mol. The Hall–Kier alpha value is -2.35. The Morgan fingerprint density at radius 2 is 2.24 bits per heavy atom. The van der Waals surface area contributed by atoms with Gasteiger partial charge in [0.15, 0.2) is 10.9 Å². The molecule has 2 N–H and O–H groups in total. The molecule has 3 aromatic rings. The van der Waals surface area contributed by atoms with Crippen LogP contribution >= 0.6 is 11.3 Å². The van der Waals surface area contributed by atoms with Crippen molar-refractivity contribution < 1.29 is 0 Å². The van der Waals surface area contributed by atoms with Crippen LogP contribution in [0.15, 0.2) is 35.0 Å². The minimum atomic E-state index is 0.638. The summed E-state index contributed by atoms with van der Waals surface area (Å²) >= 11 is 1.63. The van der Waals surface area contributed by atoms with Gasteiger partial charge in [-0.15, -0.1) is 11.3 Å². The molecule has 0 atom stereocenters. The Bertz CT molecular complexity index is 723. The molecule has 3 aromatic heterocycles. The third kappa shape index (κ3) is 3.05. The Morgan fingerprint density at radius 1 is 1.38 bits per heavy atom. The number of fused-ring (bicyclic) bond motifs is 1. The molecule has 0 aromatic carbocycles. The Kier molecular flexibility index (Phi) is 3.87. The summed E-state index contributed by atoms with van der Waals surface area (Å²) in [5.41, 5.74) is 2.09. The van der Waals surface area contributed by atoms with Crippen molar-refractivity contribution in [1.82, 2.24) is 29.8 Å². The molecule has 0 saturated carbocycles. The van der Waals surface area contributed by atoms with Gasteiger partial charge in [-0.3, -0.25) is 14.1 Å². The quantitative estimate of drug-likeness (QED) is 0.557. The van der Waals surface area contributed by atoms with Crippen LogP contribution in [-0.4, -0.2) is 32.2 Å². The molecule has 0 fully saturated rings. The highest BCUT2D eigenvalue weighted by atomic mass is 32.1. The van der Waals surface area contributed by atoms with Crippen molar-refractivity contribution in [2.45, 2.75) is 13.1 Å². The van der Waals surface area contributed by atoms with Crippen molar-refractivity contribution in [1.29, 1.82) is 0 Å². The molecule has 3 heterocycles. The van der Waals surface area contributed by atoms with Crippen LogP contribution in [0.25, 0.3) is 4.96 Å². The zero-order valence-electron chi connectivity index (χ0n) is 11.9. The monoisotopic (exact) mass is 303 g/mol. The van der Waals surface area contributed by atoms with E-state index < -0.39 is 0 Å². The molecule has 7 nitrogen and oxygen atoms in total. The largest absolute Gasteiger partial charge is 0.351 e. The first kappa shape index (κ1) is 13.6. The number of imidazole rings is 1. The number of thiazole rings is 1. The SMILES string of the molecule is CN=C(NCc1cn2ccsc2n1)NCc1ccnn1C. The summed E-state index contributed by atoms with van der Waals surface area (Å²) in [6.45, 7) is 1.31. The van der Waals surface area contributed by atoms with E-state index in [4.69, 9.17) is 0 Å². The lowest BCUT2D eigenvalue weighted by Gasteiger charge is -2.10. The van der Waals surface area contributed by atoms with Crippen molar-refractivity contribution in [2.24, 2.45) is 12.0 Å². The predicted molar refractivity (Wildman–Crippen MR) is 83.3 cm³/mol. The smallest absolute Gasteiger partial charge is 0.193 e. The summed E-state index contributed by atoms with van der Waals surface area (Å²) in [6.07, 6.45) is 5.81. The second-order valence-corrected chi connectivity index (χ2v) is 5.42. The fourth-order valence-electron chi connectivity index (χ4n) is 2.01. The number of aryl methyl sites for hydroxylation is 1. The first-order valence-electron chi connectivity index (χ1n) is 6.59. The van der Waals surface area contributed by atoms with Gasteiger partial charge in [0.2, 0.25) is 0 Å². The second kappa shape index (κ2) is 5.96. The fourth-order valence-corrected chi connectivity index (χ4v) is 2.72. The lowest BCUT2D eigenvalue weighted by molar-refractivity contribution is 0.684. The maximum Gasteiger partial charge on any atom is 0.193 e. The van der Waals surface area contributed by atoms with Gasteiger partial charge >= 0.3 is 0 Å². The first-order valence-corrected chi connectivity index (χ1v) is 7.46. The third-order valence-electron chi connectivity index (χ3n) is 3.16. The summed E-state index contributed by atoms with van der Waals surface area (Å²) in [7, 11) is 3.68. The molecule has 0 radical (unpaired) electrons. The van der Waals surface area contributed by atoms with Gasteiger partial charge in [0, 0.05) is 38.1 Å².